The van der Waals surface area contributed by atoms with Gasteiger partial charge in [-0.15, -0.1) is 0 Å². The Morgan fingerprint density at radius 2 is 1.92 bits per heavy atom. The van der Waals surface area contributed by atoms with Gasteiger partial charge in [0.2, 0.25) is 0 Å². The van der Waals surface area contributed by atoms with E-state index in [-0.39, 0.29) is 0 Å². The van der Waals surface area contributed by atoms with Crippen LogP contribution in [0.15, 0.2) is 18.2 Å². The number of piperazine rings is 1. The molecule has 0 radical (unpaired) electrons. The summed E-state index contributed by atoms with van der Waals surface area (Å²) in [5, 5.41) is 9.76. The molecule has 6 nitrogen and oxygen atoms in total. The summed E-state index contributed by atoms with van der Waals surface area (Å²) in [4.78, 5) is 16.3. The quantitative estimate of drug-likeness (QED) is 0.786. The van der Waals surface area contributed by atoms with Gasteiger partial charge in [-0.2, -0.15) is 0 Å². The van der Waals surface area contributed by atoms with Gasteiger partial charge in [0.15, 0.2) is 11.5 Å². The molecule has 1 atom stereocenters. The minimum Gasteiger partial charge on any atom is -0.493 e. The van der Waals surface area contributed by atoms with Gasteiger partial charge in [0.1, 0.15) is 6.04 Å². The van der Waals surface area contributed by atoms with Gasteiger partial charge in [-0.25, -0.2) is 0 Å². The summed E-state index contributed by atoms with van der Waals surface area (Å²) >= 11 is 0. The van der Waals surface area contributed by atoms with E-state index in [1.165, 1.54) is 0 Å². The van der Waals surface area contributed by atoms with Crippen LogP contribution in [0.2, 0.25) is 0 Å². The van der Waals surface area contributed by atoms with Gasteiger partial charge < -0.3 is 19.5 Å². The van der Waals surface area contributed by atoms with Crippen LogP contribution in [0.5, 0.6) is 11.5 Å². The lowest BCUT2D eigenvalue weighted by atomic mass is 10.0. The summed E-state index contributed by atoms with van der Waals surface area (Å²) < 4.78 is 10.9. The molecular formula is C18H28N2O4. The van der Waals surface area contributed by atoms with Crippen LogP contribution in [-0.2, 0) is 4.79 Å². The molecule has 134 valence electrons. The van der Waals surface area contributed by atoms with Gasteiger partial charge in [0.25, 0.3) is 0 Å². The van der Waals surface area contributed by atoms with E-state index in [1.807, 2.05) is 17.9 Å². The van der Waals surface area contributed by atoms with Gasteiger partial charge in [0, 0.05) is 26.2 Å². The lowest BCUT2D eigenvalue weighted by Gasteiger charge is -2.37. The van der Waals surface area contributed by atoms with E-state index >= 15 is 0 Å². The highest BCUT2D eigenvalue weighted by molar-refractivity contribution is 5.76. The molecule has 1 N–H and O–H groups in total. The van der Waals surface area contributed by atoms with E-state index in [4.69, 9.17) is 9.47 Å². The highest BCUT2D eigenvalue weighted by Gasteiger charge is 2.30. The molecule has 2 rings (SSSR count). The number of rotatable bonds is 8. The van der Waals surface area contributed by atoms with E-state index in [0.29, 0.717) is 18.1 Å². The molecule has 1 aliphatic rings. The molecule has 1 aliphatic heterocycles. The zero-order chi connectivity index (χ0) is 17.5. The highest BCUT2D eigenvalue weighted by atomic mass is 16.5. The predicted molar refractivity (Wildman–Crippen MR) is 92.8 cm³/mol. The number of benzene rings is 1. The molecule has 0 aliphatic carbocycles. The molecule has 1 heterocycles. The van der Waals surface area contributed by atoms with Crippen molar-refractivity contribution in [1.29, 1.82) is 0 Å². The van der Waals surface area contributed by atoms with E-state index in [0.717, 1.165) is 44.7 Å². The molecule has 0 saturated carbocycles. The second-order valence-corrected chi connectivity index (χ2v) is 5.96. The van der Waals surface area contributed by atoms with Crippen molar-refractivity contribution in [2.75, 3.05) is 46.4 Å². The van der Waals surface area contributed by atoms with E-state index < -0.39 is 12.0 Å². The third-order valence-corrected chi connectivity index (χ3v) is 4.35. The molecule has 24 heavy (non-hydrogen) atoms. The second kappa shape index (κ2) is 8.89. The number of carboxylic acid groups (broad SMARTS) is 1. The van der Waals surface area contributed by atoms with Crippen molar-refractivity contribution < 1.29 is 19.4 Å². The molecule has 0 spiro atoms. The Morgan fingerprint density at radius 1 is 1.21 bits per heavy atom. The highest BCUT2D eigenvalue weighted by Crippen LogP contribution is 2.32. The zero-order valence-electron chi connectivity index (χ0n) is 14.8. The largest absolute Gasteiger partial charge is 0.493 e. The van der Waals surface area contributed by atoms with Crippen molar-refractivity contribution in [3.63, 3.8) is 0 Å². The fraction of sp³-hybridized carbons (Fsp3) is 0.611. The van der Waals surface area contributed by atoms with Crippen molar-refractivity contribution in [3.05, 3.63) is 23.8 Å². The van der Waals surface area contributed by atoms with E-state index in [1.54, 1.807) is 19.2 Å². The van der Waals surface area contributed by atoms with Gasteiger partial charge in [-0.05, 0) is 37.6 Å². The van der Waals surface area contributed by atoms with Crippen LogP contribution in [0, 0.1) is 0 Å². The Morgan fingerprint density at radius 3 is 2.46 bits per heavy atom. The van der Waals surface area contributed by atoms with Crippen LogP contribution in [0.3, 0.4) is 0 Å². The molecule has 0 amide bonds. The molecular weight excluding hydrogens is 308 g/mol. The van der Waals surface area contributed by atoms with Crippen LogP contribution in [0.25, 0.3) is 0 Å². The number of methoxy groups -OCH3 is 1. The Balaban J connectivity index is 2.17. The maximum Gasteiger partial charge on any atom is 0.325 e. The van der Waals surface area contributed by atoms with Crippen LogP contribution in [0.4, 0.5) is 0 Å². The second-order valence-electron chi connectivity index (χ2n) is 5.96. The minimum absolute atomic E-state index is 0.539. The van der Waals surface area contributed by atoms with Crippen molar-refractivity contribution in [1.82, 2.24) is 9.80 Å². The smallest absolute Gasteiger partial charge is 0.325 e. The van der Waals surface area contributed by atoms with Gasteiger partial charge in [-0.3, -0.25) is 9.69 Å². The predicted octanol–water partition coefficient (Wildman–Crippen LogP) is 2.25. The SMILES string of the molecule is CCCN1CCN(C(C(=O)O)c2ccc(OCC)c(OC)c2)CC1. The number of nitrogens with zero attached hydrogens (tertiary/aromatic N) is 2. The molecule has 1 saturated heterocycles. The lowest BCUT2D eigenvalue weighted by Crippen LogP contribution is -2.49. The van der Waals surface area contributed by atoms with E-state index in [9.17, 15) is 9.90 Å². The number of ether oxygens (including phenoxy) is 2. The first-order valence-electron chi connectivity index (χ1n) is 8.60. The van der Waals surface area contributed by atoms with Gasteiger partial charge in [-0.1, -0.05) is 13.0 Å². The summed E-state index contributed by atoms with van der Waals surface area (Å²) in [6.07, 6.45) is 1.12. The maximum absolute atomic E-state index is 11.9. The van der Waals surface area contributed by atoms with E-state index in [2.05, 4.69) is 11.8 Å². The average Bonchev–Trinajstić information content (AvgIpc) is 2.58. The minimum atomic E-state index is -0.829. The summed E-state index contributed by atoms with van der Waals surface area (Å²) in [6, 6.07) is 4.74. The van der Waals surface area contributed by atoms with Crippen LogP contribution in [0.1, 0.15) is 31.9 Å². The lowest BCUT2D eigenvalue weighted by molar-refractivity contribution is -0.144. The number of aliphatic carboxylic acids is 1. The first-order chi connectivity index (χ1) is 11.6. The monoisotopic (exact) mass is 336 g/mol. The van der Waals surface area contributed by atoms with Gasteiger partial charge in [0.05, 0.1) is 13.7 Å². The molecule has 1 aromatic carbocycles. The number of carboxylic acids is 1. The fourth-order valence-electron chi connectivity index (χ4n) is 3.20. The Bertz CT molecular complexity index is 542. The average molecular weight is 336 g/mol. The summed E-state index contributed by atoms with van der Waals surface area (Å²) in [7, 11) is 1.57. The van der Waals surface area contributed by atoms with Gasteiger partial charge >= 0.3 is 5.97 Å². The molecule has 0 bridgehead atoms. The van der Waals surface area contributed by atoms with Crippen molar-refractivity contribution >= 4 is 5.97 Å². The first kappa shape index (κ1) is 18.5. The zero-order valence-corrected chi connectivity index (χ0v) is 14.8. The molecule has 1 aromatic rings. The first-order valence-corrected chi connectivity index (χ1v) is 8.60. The normalized spacial score (nSPS) is 17.5. The van der Waals surface area contributed by atoms with Crippen LogP contribution < -0.4 is 9.47 Å². The molecule has 1 unspecified atom stereocenters. The van der Waals surface area contributed by atoms with Crippen molar-refractivity contribution in [3.8, 4) is 11.5 Å². The van der Waals surface area contributed by atoms with Crippen LogP contribution >= 0.6 is 0 Å². The number of carbonyl (C=O) groups is 1. The Hall–Kier alpha value is -1.79. The number of hydrogen-bond donors (Lipinski definition) is 1. The molecule has 0 aromatic heterocycles. The summed E-state index contributed by atoms with van der Waals surface area (Å²) in [6.45, 7) is 9.01. The Labute approximate surface area is 144 Å². The molecule has 6 heteroatoms. The number of hydrogen-bond acceptors (Lipinski definition) is 5. The summed E-state index contributed by atoms with van der Waals surface area (Å²) in [5.74, 6) is 0.385. The van der Waals surface area contributed by atoms with Crippen molar-refractivity contribution in [2.24, 2.45) is 0 Å². The molecule has 1 fully saturated rings. The van der Waals surface area contributed by atoms with Crippen LogP contribution in [-0.4, -0.2) is 67.3 Å². The summed E-state index contributed by atoms with van der Waals surface area (Å²) in [5.41, 5.74) is 0.728. The third kappa shape index (κ3) is 4.39. The fourth-order valence-corrected chi connectivity index (χ4v) is 3.20. The maximum atomic E-state index is 11.9. The van der Waals surface area contributed by atoms with Crippen molar-refractivity contribution in [2.45, 2.75) is 26.3 Å². The standard InChI is InChI=1S/C18H28N2O4/c1-4-8-19-9-11-20(12-10-19)17(18(21)22)14-6-7-15(24-5-2)16(13-14)23-3/h6-7,13,17H,4-5,8-12H2,1-3H3,(H,21,22). The Kier molecular flexibility index (Phi) is 6.87. The topological polar surface area (TPSA) is 62.2 Å². The third-order valence-electron chi connectivity index (χ3n) is 4.35.